The van der Waals surface area contributed by atoms with Gasteiger partial charge in [0.2, 0.25) is 0 Å². The Hall–Kier alpha value is -1.55. The predicted octanol–water partition coefficient (Wildman–Crippen LogP) is 7.22. The summed E-state index contributed by atoms with van der Waals surface area (Å²) >= 11 is 11.0. The molecule has 3 heterocycles. The molecule has 0 fully saturated rings. The second kappa shape index (κ2) is 8.91. The van der Waals surface area contributed by atoms with E-state index in [1.807, 2.05) is 53.2 Å². The molecule has 6 rings (SSSR count). The van der Waals surface area contributed by atoms with Crippen molar-refractivity contribution in [1.82, 2.24) is 4.98 Å². The van der Waals surface area contributed by atoms with Crippen molar-refractivity contribution >= 4 is 102 Å². The maximum Gasteiger partial charge on any atom is 0.116 e. The van der Waals surface area contributed by atoms with Gasteiger partial charge in [-0.1, -0.05) is 72.1 Å². The van der Waals surface area contributed by atoms with Gasteiger partial charge >= 0.3 is 0 Å². The lowest BCUT2D eigenvalue weighted by Crippen LogP contribution is -2.07. The fourth-order valence-electron chi connectivity index (χ4n) is 4.15. The van der Waals surface area contributed by atoms with Gasteiger partial charge in [-0.25, -0.2) is 0 Å². The molecule has 3 aromatic rings. The molecular formula is C25H17NOS6. The summed E-state index contributed by atoms with van der Waals surface area (Å²) in [6.45, 7) is 0. The van der Waals surface area contributed by atoms with Crippen LogP contribution in [0.1, 0.15) is 0 Å². The molecule has 3 aromatic carbocycles. The number of aliphatic hydroxyl groups excluding tert-OH is 1. The first-order valence-electron chi connectivity index (χ1n) is 10.1. The number of aliphatic hydroxyl groups is 1. The first kappa shape index (κ1) is 21.9. The molecule has 0 atom stereocenters. The van der Waals surface area contributed by atoms with Crippen LogP contribution in [0.4, 0.5) is 0 Å². The summed E-state index contributed by atoms with van der Waals surface area (Å²) in [6, 6.07) is 17.6. The fraction of sp³-hybridized carbons (Fsp3) is 0.0800. The van der Waals surface area contributed by atoms with Gasteiger partial charge in [0.25, 0.3) is 0 Å². The Morgan fingerprint density at radius 1 is 0.788 bits per heavy atom. The highest BCUT2D eigenvalue weighted by Gasteiger charge is 2.22. The summed E-state index contributed by atoms with van der Waals surface area (Å²) < 4.78 is 7.54. The van der Waals surface area contributed by atoms with E-state index < -0.39 is 0 Å². The average Bonchev–Trinajstić information content (AvgIpc) is 3.56. The molecule has 2 nitrogen and oxygen atoms in total. The largest absolute Gasteiger partial charge is 0.513 e. The number of aromatic nitrogens is 1. The Morgan fingerprint density at radius 2 is 1.33 bits per heavy atom. The van der Waals surface area contributed by atoms with E-state index in [9.17, 15) is 5.11 Å². The van der Waals surface area contributed by atoms with Crippen molar-refractivity contribution in [3.63, 3.8) is 0 Å². The first-order valence-corrected chi connectivity index (χ1v) is 15.8. The van der Waals surface area contributed by atoms with Crippen molar-refractivity contribution in [3.8, 4) is 0 Å². The van der Waals surface area contributed by atoms with Crippen LogP contribution in [-0.4, -0.2) is 22.6 Å². The monoisotopic (exact) mass is 539 g/mol. The minimum Gasteiger partial charge on any atom is -0.513 e. The number of nitrogens with zero attached hydrogens (tertiary/aromatic N) is 1. The summed E-state index contributed by atoms with van der Waals surface area (Å²) in [5.41, 5.74) is 0. The molecule has 1 N–H and O–H groups in total. The Labute approximate surface area is 214 Å². The molecule has 0 saturated carbocycles. The average molecular weight is 540 g/mol. The normalized spacial score (nSPS) is 15.1. The van der Waals surface area contributed by atoms with Crippen LogP contribution in [0.5, 0.6) is 0 Å². The Bertz CT molecular complexity index is 1790. The van der Waals surface area contributed by atoms with E-state index in [0.717, 1.165) is 15.3 Å². The maximum absolute atomic E-state index is 9.60. The van der Waals surface area contributed by atoms with E-state index in [1.165, 1.54) is 48.5 Å². The van der Waals surface area contributed by atoms with E-state index in [2.05, 4.69) is 66.0 Å². The Morgan fingerprint density at radius 3 is 1.85 bits per heavy atom. The number of hydrogen-bond acceptors (Lipinski definition) is 8. The highest BCUT2D eigenvalue weighted by molar-refractivity contribution is 8.45. The van der Waals surface area contributed by atoms with Gasteiger partial charge in [-0.2, -0.15) is 0 Å². The zero-order valence-electron chi connectivity index (χ0n) is 17.6. The molecular weight excluding hydrogens is 523 g/mol. The lowest BCUT2D eigenvalue weighted by atomic mass is 9.99. The van der Waals surface area contributed by atoms with Gasteiger partial charge in [0.1, 0.15) is 11.6 Å². The summed E-state index contributed by atoms with van der Waals surface area (Å²) in [6.07, 6.45) is 7.30. The SMILES string of the molecule is CSC1=C(SC)SC(=c2c3ccccc3c(=c3sc4cn/c(=C/O)c=4s3)c3ccccc23)S1. The molecule has 0 spiro atoms. The number of fused-ring (bicyclic) bond motifs is 2. The van der Waals surface area contributed by atoms with E-state index >= 15 is 0 Å². The number of rotatable bonds is 2. The third kappa shape index (κ3) is 3.54. The van der Waals surface area contributed by atoms with E-state index in [1.54, 1.807) is 22.7 Å². The quantitative estimate of drug-likeness (QED) is 0.239. The molecule has 33 heavy (non-hydrogen) atoms. The molecule has 0 unspecified atom stereocenters. The lowest BCUT2D eigenvalue weighted by Gasteiger charge is -2.09. The highest BCUT2D eigenvalue weighted by atomic mass is 32.3. The Balaban J connectivity index is 1.85. The molecule has 0 radical (unpaired) electrons. The van der Waals surface area contributed by atoms with E-state index in [4.69, 9.17) is 0 Å². The fourth-order valence-corrected chi connectivity index (χ4v) is 11.9. The molecule has 0 amide bonds. The van der Waals surface area contributed by atoms with Crippen LogP contribution in [-0.2, 0) is 0 Å². The zero-order chi connectivity index (χ0) is 22.5. The molecule has 0 aliphatic carbocycles. The number of thioether (sulfide) groups is 4. The van der Waals surface area contributed by atoms with Crippen molar-refractivity contribution in [3.05, 3.63) is 91.9 Å². The summed E-state index contributed by atoms with van der Waals surface area (Å²) in [4.78, 5) is 4.33. The molecule has 164 valence electrons. The van der Waals surface area contributed by atoms with Gasteiger partial charge in [0.15, 0.2) is 0 Å². The van der Waals surface area contributed by atoms with Gasteiger partial charge in [-0.3, -0.25) is 4.98 Å². The van der Waals surface area contributed by atoms with Gasteiger partial charge in [0.05, 0.1) is 25.6 Å². The lowest BCUT2D eigenvalue weighted by molar-refractivity contribution is 0.538. The van der Waals surface area contributed by atoms with Gasteiger partial charge in [-0.15, -0.1) is 46.2 Å². The molecule has 3 aliphatic rings. The molecule has 8 heteroatoms. The van der Waals surface area contributed by atoms with Crippen LogP contribution in [0.15, 0.2) is 63.2 Å². The molecule has 0 saturated heterocycles. The second-order valence-corrected chi connectivity index (χ2v) is 14.1. The predicted molar refractivity (Wildman–Crippen MR) is 153 cm³/mol. The Kier molecular flexibility index (Phi) is 5.92. The second-order valence-electron chi connectivity index (χ2n) is 7.27. The summed E-state index contributed by atoms with van der Waals surface area (Å²) in [5, 5.41) is 18.0. The standard InChI is InChI=1S/C25H17NOS6/c1-28-24-25(29-2)33-23(32-24)20-15-9-5-3-7-13(15)19(14-8-4-6-10-16(14)20)22-30-18-11-26-17(12-27)21(18)31-22/h3-12,27H,1-2H3/b17-12+. The highest BCUT2D eigenvalue weighted by Crippen LogP contribution is 2.57. The van der Waals surface area contributed by atoms with Crippen molar-refractivity contribution in [2.75, 3.05) is 12.5 Å². The van der Waals surface area contributed by atoms with Gasteiger partial charge < -0.3 is 5.11 Å². The van der Waals surface area contributed by atoms with Crippen molar-refractivity contribution < 1.29 is 5.11 Å². The van der Waals surface area contributed by atoms with E-state index in [0.29, 0.717) is 5.35 Å². The van der Waals surface area contributed by atoms with Gasteiger partial charge in [-0.05, 0) is 34.1 Å². The van der Waals surface area contributed by atoms with Crippen LogP contribution >= 0.6 is 69.7 Å². The van der Waals surface area contributed by atoms with Crippen LogP contribution in [0.3, 0.4) is 0 Å². The van der Waals surface area contributed by atoms with Gasteiger partial charge in [0, 0.05) is 16.6 Å². The first-order chi connectivity index (χ1) is 16.2. The third-order valence-electron chi connectivity index (χ3n) is 5.54. The smallest absolute Gasteiger partial charge is 0.116 e. The van der Waals surface area contributed by atoms with Crippen LogP contribution < -0.4 is 10.6 Å². The molecule has 0 aromatic heterocycles. The topological polar surface area (TPSA) is 33.1 Å². The third-order valence-corrected chi connectivity index (χ3v) is 13.3. The number of hydrogen-bond donors (Lipinski definition) is 1. The molecule has 3 aliphatic heterocycles. The van der Waals surface area contributed by atoms with Crippen molar-refractivity contribution in [2.45, 2.75) is 0 Å². The summed E-state index contributed by atoms with van der Waals surface area (Å²) in [7, 11) is 0. The zero-order valence-corrected chi connectivity index (χ0v) is 22.5. The summed E-state index contributed by atoms with van der Waals surface area (Å²) in [5.74, 6) is 0. The van der Waals surface area contributed by atoms with Crippen LogP contribution in [0, 0.1) is 18.1 Å². The maximum atomic E-state index is 9.60. The van der Waals surface area contributed by atoms with Crippen LogP contribution in [0.2, 0.25) is 0 Å². The van der Waals surface area contributed by atoms with Crippen molar-refractivity contribution in [1.29, 1.82) is 0 Å². The van der Waals surface area contributed by atoms with Crippen molar-refractivity contribution in [2.24, 2.45) is 0 Å². The minimum absolute atomic E-state index is 0.650. The van der Waals surface area contributed by atoms with E-state index in [-0.39, 0.29) is 0 Å². The number of benzene rings is 3. The van der Waals surface area contributed by atoms with Crippen LogP contribution in [0.25, 0.3) is 32.0 Å². The molecule has 0 bridgehead atoms. The minimum atomic E-state index is 0.650.